The maximum Gasteiger partial charge on any atom is 0.305 e. The Labute approximate surface area is 179 Å². The van der Waals surface area contributed by atoms with Gasteiger partial charge in [0.15, 0.2) is 5.60 Å². The van der Waals surface area contributed by atoms with E-state index in [1.54, 1.807) is 6.08 Å². The molecular weight excluding hydrogens is 384 g/mol. The van der Waals surface area contributed by atoms with Crippen LogP contribution in [0.3, 0.4) is 0 Å². The van der Waals surface area contributed by atoms with Gasteiger partial charge in [0.25, 0.3) is 0 Å². The zero-order valence-electron chi connectivity index (χ0n) is 18.9. The van der Waals surface area contributed by atoms with Crippen molar-refractivity contribution in [2.24, 2.45) is 22.7 Å². The highest BCUT2D eigenvalue weighted by Crippen LogP contribution is 2.62. The highest BCUT2D eigenvalue weighted by Gasteiger charge is 2.54. The van der Waals surface area contributed by atoms with Gasteiger partial charge in [-0.1, -0.05) is 45.1 Å². The van der Waals surface area contributed by atoms with Crippen LogP contribution in [0.4, 0.5) is 0 Å². The van der Waals surface area contributed by atoms with Crippen molar-refractivity contribution in [3.8, 4) is 0 Å². The highest BCUT2D eigenvalue weighted by atomic mass is 16.8. The lowest BCUT2D eigenvalue weighted by Crippen LogP contribution is -2.50. The van der Waals surface area contributed by atoms with Crippen LogP contribution in [0, 0.1) is 22.7 Å². The third-order valence-corrected chi connectivity index (χ3v) is 7.94. The van der Waals surface area contributed by atoms with Gasteiger partial charge in [-0.05, 0) is 54.8 Å². The normalized spacial score (nSPS) is 44.0. The summed E-state index contributed by atoms with van der Waals surface area (Å²) in [4.78, 5) is 22.9. The van der Waals surface area contributed by atoms with E-state index < -0.39 is 30.1 Å². The molecule has 1 N–H and O–H groups in total. The minimum atomic E-state index is -1.56. The van der Waals surface area contributed by atoms with E-state index in [0.717, 1.165) is 32.1 Å². The quantitative estimate of drug-likeness (QED) is 0.540. The molecule has 1 heterocycles. The second-order valence-electron chi connectivity index (χ2n) is 9.92. The minimum Gasteiger partial charge on any atom is -0.436 e. The van der Waals surface area contributed by atoms with Gasteiger partial charge in [-0.2, -0.15) is 0 Å². The van der Waals surface area contributed by atoms with E-state index in [9.17, 15) is 14.7 Å². The van der Waals surface area contributed by atoms with Crippen LogP contribution in [0.2, 0.25) is 0 Å². The highest BCUT2D eigenvalue weighted by molar-refractivity contribution is 5.66. The molecule has 168 valence electrons. The number of aliphatic hydroxyl groups is 1. The first kappa shape index (κ1) is 23.0. The first-order valence-electron chi connectivity index (χ1n) is 11.0. The molecule has 0 spiro atoms. The monoisotopic (exact) mass is 420 g/mol. The third kappa shape index (κ3) is 4.09. The summed E-state index contributed by atoms with van der Waals surface area (Å²) in [6, 6.07) is 0. The van der Waals surface area contributed by atoms with Crippen LogP contribution in [0.15, 0.2) is 24.3 Å². The Morgan fingerprint density at radius 1 is 1.17 bits per heavy atom. The Morgan fingerprint density at radius 3 is 2.47 bits per heavy atom. The second-order valence-corrected chi connectivity index (χ2v) is 9.92. The molecule has 30 heavy (non-hydrogen) atoms. The molecule has 3 aliphatic rings. The number of allylic oxidation sites excluding steroid dienone is 2. The van der Waals surface area contributed by atoms with E-state index in [-0.39, 0.29) is 17.3 Å². The van der Waals surface area contributed by atoms with Gasteiger partial charge in [-0.15, -0.1) is 0 Å². The van der Waals surface area contributed by atoms with E-state index in [1.165, 1.54) is 19.4 Å². The Kier molecular flexibility index (Phi) is 6.23. The average molecular weight is 421 g/mol. The van der Waals surface area contributed by atoms with Gasteiger partial charge in [0.1, 0.15) is 0 Å². The molecule has 5 unspecified atom stereocenters. The molecule has 6 nitrogen and oxygen atoms in total. The van der Waals surface area contributed by atoms with Crippen LogP contribution in [0.25, 0.3) is 0 Å². The van der Waals surface area contributed by atoms with Crippen LogP contribution >= 0.6 is 0 Å². The molecule has 0 radical (unpaired) electrons. The molecule has 2 aliphatic carbocycles. The third-order valence-electron chi connectivity index (χ3n) is 7.94. The van der Waals surface area contributed by atoms with Gasteiger partial charge in [0.05, 0.1) is 0 Å². The first-order chi connectivity index (χ1) is 13.9. The smallest absolute Gasteiger partial charge is 0.305 e. The number of hydrogen-bond acceptors (Lipinski definition) is 6. The molecule has 0 bridgehead atoms. The lowest BCUT2D eigenvalue weighted by Gasteiger charge is -2.57. The van der Waals surface area contributed by atoms with E-state index in [0.29, 0.717) is 11.8 Å². The number of fused-ring (bicyclic) bond motifs is 1. The van der Waals surface area contributed by atoms with Crippen molar-refractivity contribution in [3.63, 3.8) is 0 Å². The predicted molar refractivity (Wildman–Crippen MR) is 112 cm³/mol. The molecule has 1 aliphatic heterocycles. The molecule has 3 fully saturated rings. The van der Waals surface area contributed by atoms with Crippen LogP contribution < -0.4 is 0 Å². The minimum absolute atomic E-state index is 0.0140. The van der Waals surface area contributed by atoms with Gasteiger partial charge in [0, 0.05) is 20.3 Å². The fourth-order valence-electron chi connectivity index (χ4n) is 5.84. The number of hydrogen-bond donors (Lipinski definition) is 1. The summed E-state index contributed by atoms with van der Waals surface area (Å²) in [6.07, 6.45) is 7.20. The van der Waals surface area contributed by atoms with Gasteiger partial charge in [-0.25, -0.2) is 0 Å². The molecule has 7 atom stereocenters. The number of rotatable bonds is 4. The SMILES string of the molecule is C=C1CCCC2C1(C)CCC(C)C2(C)/C=C\C1(O)C[C@@H](OC(C)=O)O[C@@H]1OC(C)=O. The zero-order chi connectivity index (χ0) is 22.3. The van der Waals surface area contributed by atoms with Crippen molar-refractivity contribution in [1.82, 2.24) is 0 Å². The van der Waals surface area contributed by atoms with Crippen LogP contribution in [-0.4, -0.2) is 35.2 Å². The maximum atomic E-state index is 11.5. The van der Waals surface area contributed by atoms with Crippen LogP contribution in [0.5, 0.6) is 0 Å². The van der Waals surface area contributed by atoms with Crippen molar-refractivity contribution in [2.75, 3.05) is 0 Å². The van der Waals surface area contributed by atoms with E-state index >= 15 is 0 Å². The summed E-state index contributed by atoms with van der Waals surface area (Å²) in [5.41, 5.74) is -0.282. The largest absolute Gasteiger partial charge is 0.436 e. The summed E-state index contributed by atoms with van der Waals surface area (Å²) >= 11 is 0. The van der Waals surface area contributed by atoms with Crippen LogP contribution in [0.1, 0.15) is 73.1 Å². The van der Waals surface area contributed by atoms with E-state index in [4.69, 9.17) is 14.2 Å². The molecule has 0 amide bonds. The Bertz CT molecular complexity index is 744. The molecule has 6 heteroatoms. The fourth-order valence-corrected chi connectivity index (χ4v) is 5.84. The predicted octanol–water partition coefficient (Wildman–Crippen LogP) is 4.27. The number of carbonyl (C=O) groups is 2. The number of carbonyl (C=O) groups excluding carboxylic acids is 2. The second kappa shape index (κ2) is 8.12. The van der Waals surface area contributed by atoms with Crippen molar-refractivity contribution >= 4 is 11.9 Å². The van der Waals surface area contributed by atoms with Crippen molar-refractivity contribution in [1.29, 1.82) is 0 Å². The average Bonchev–Trinajstić information content (AvgIpc) is 2.93. The van der Waals surface area contributed by atoms with Crippen LogP contribution in [-0.2, 0) is 23.8 Å². The van der Waals surface area contributed by atoms with E-state index in [2.05, 4.69) is 33.4 Å². The molecule has 2 saturated carbocycles. The molecule has 3 rings (SSSR count). The Morgan fingerprint density at radius 2 is 1.83 bits per heavy atom. The molecule has 1 saturated heterocycles. The summed E-state index contributed by atoms with van der Waals surface area (Å²) in [5.74, 6) is -0.225. The Hall–Kier alpha value is -1.66. The van der Waals surface area contributed by atoms with Crippen molar-refractivity contribution in [2.45, 2.75) is 91.3 Å². The molecule has 0 aromatic heterocycles. The molecule has 0 aromatic rings. The maximum absolute atomic E-state index is 11.5. The summed E-state index contributed by atoms with van der Waals surface area (Å²) in [6.45, 7) is 13.8. The Balaban J connectivity index is 1.90. The van der Waals surface area contributed by atoms with Gasteiger partial charge >= 0.3 is 11.9 Å². The summed E-state index contributed by atoms with van der Waals surface area (Å²) < 4.78 is 15.9. The lowest BCUT2D eigenvalue weighted by atomic mass is 9.47. The lowest BCUT2D eigenvalue weighted by molar-refractivity contribution is -0.222. The fraction of sp³-hybridized carbons (Fsp3) is 0.750. The van der Waals surface area contributed by atoms with Gasteiger partial charge in [-0.3, -0.25) is 14.3 Å². The molecule has 0 aromatic carbocycles. The first-order valence-corrected chi connectivity index (χ1v) is 11.0. The van der Waals surface area contributed by atoms with Crippen molar-refractivity contribution in [3.05, 3.63) is 24.3 Å². The van der Waals surface area contributed by atoms with Gasteiger partial charge in [0.2, 0.25) is 12.6 Å². The summed E-state index contributed by atoms with van der Waals surface area (Å²) in [5, 5.41) is 11.3. The van der Waals surface area contributed by atoms with Crippen molar-refractivity contribution < 1.29 is 28.9 Å². The summed E-state index contributed by atoms with van der Waals surface area (Å²) in [7, 11) is 0. The topological polar surface area (TPSA) is 82.1 Å². The zero-order valence-corrected chi connectivity index (χ0v) is 18.9. The number of ether oxygens (including phenoxy) is 3. The molecular formula is C24H36O6. The number of esters is 2. The van der Waals surface area contributed by atoms with Gasteiger partial charge < -0.3 is 14.6 Å². The standard InChI is InChI=1S/C24H36O6/c1-15-8-7-9-19-22(15,5)11-10-16(2)23(19,6)12-13-24(27)14-20(28-17(3)25)30-21(24)29-18(4)26/h12-13,16,19-21,27H,1,7-11,14H2,2-6H3/b13-12-/t16?,19?,20-,21-,22?,23?,24?/m0/s1. The van der Waals surface area contributed by atoms with E-state index in [1.807, 2.05) is 0 Å².